The maximum absolute atomic E-state index is 12.3. The highest BCUT2D eigenvalue weighted by Gasteiger charge is 2.12. The zero-order valence-electron chi connectivity index (χ0n) is 17.0. The molecule has 0 bridgehead atoms. The fourth-order valence-electron chi connectivity index (χ4n) is 2.79. The summed E-state index contributed by atoms with van der Waals surface area (Å²) < 4.78 is 10.5. The molecule has 1 N–H and O–H groups in total. The molecule has 7 heteroatoms. The first-order valence-electron chi connectivity index (χ1n) is 9.27. The summed E-state index contributed by atoms with van der Waals surface area (Å²) in [4.78, 5) is 28.5. The molecule has 0 saturated carbocycles. The van der Waals surface area contributed by atoms with Crippen LogP contribution in [0.3, 0.4) is 0 Å². The molecule has 3 aromatic rings. The van der Waals surface area contributed by atoms with Crippen molar-refractivity contribution in [2.45, 2.75) is 20.5 Å². The highest BCUT2D eigenvalue weighted by Crippen LogP contribution is 2.20. The topological polar surface area (TPSA) is 77.5 Å². The molecule has 0 aliphatic rings. The van der Waals surface area contributed by atoms with Crippen molar-refractivity contribution < 1.29 is 19.1 Å². The summed E-state index contributed by atoms with van der Waals surface area (Å²) in [6.45, 7) is 4.11. The number of nitrogens with zero attached hydrogens (tertiary/aromatic N) is 1. The number of methoxy groups -OCH3 is 1. The van der Waals surface area contributed by atoms with Gasteiger partial charge in [0.1, 0.15) is 12.4 Å². The molecule has 0 unspecified atom stereocenters. The number of hydrogen-bond acceptors (Lipinski definition) is 6. The number of benzene rings is 2. The van der Waals surface area contributed by atoms with Gasteiger partial charge in [-0.1, -0.05) is 18.2 Å². The average molecular weight is 423 g/mol. The van der Waals surface area contributed by atoms with E-state index in [2.05, 4.69) is 10.3 Å². The van der Waals surface area contributed by atoms with E-state index >= 15 is 0 Å². The van der Waals surface area contributed by atoms with E-state index in [0.29, 0.717) is 29.2 Å². The van der Waals surface area contributed by atoms with Gasteiger partial charge < -0.3 is 14.8 Å². The molecular formula is C23H22N2O4S. The maximum atomic E-state index is 12.3. The van der Waals surface area contributed by atoms with E-state index in [9.17, 15) is 9.59 Å². The number of esters is 1. The normalized spacial score (nSPS) is 10.8. The number of aryl methyl sites for hydroxylation is 1. The lowest BCUT2D eigenvalue weighted by atomic mass is 10.1. The van der Waals surface area contributed by atoms with Crippen LogP contribution in [0.4, 0.5) is 5.69 Å². The first-order valence-corrected chi connectivity index (χ1v) is 10.1. The van der Waals surface area contributed by atoms with Crippen LogP contribution in [0.25, 0.3) is 6.08 Å². The van der Waals surface area contributed by atoms with Crippen molar-refractivity contribution in [2.24, 2.45) is 0 Å². The van der Waals surface area contributed by atoms with Gasteiger partial charge in [0, 0.05) is 17.1 Å². The van der Waals surface area contributed by atoms with E-state index in [0.717, 1.165) is 16.3 Å². The lowest BCUT2D eigenvalue weighted by molar-refractivity contribution is -0.111. The quantitative estimate of drug-likeness (QED) is 0.438. The number of carbonyl (C=O) groups excluding carboxylic acids is 2. The van der Waals surface area contributed by atoms with Gasteiger partial charge in [0.25, 0.3) is 0 Å². The lowest BCUT2D eigenvalue weighted by Crippen LogP contribution is -2.11. The Labute approximate surface area is 179 Å². The molecule has 2 aromatic carbocycles. The summed E-state index contributed by atoms with van der Waals surface area (Å²) in [5.74, 6) is -0.0435. The maximum Gasteiger partial charge on any atom is 0.338 e. The number of hydrogen-bond donors (Lipinski definition) is 1. The molecular weight excluding hydrogens is 400 g/mol. The van der Waals surface area contributed by atoms with Crippen LogP contribution in [0.15, 0.2) is 53.9 Å². The zero-order valence-corrected chi connectivity index (χ0v) is 17.8. The van der Waals surface area contributed by atoms with Crippen molar-refractivity contribution in [1.82, 2.24) is 4.98 Å². The molecule has 0 radical (unpaired) electrons. The minimum Gasteiger partial charge on any atom is -0.487 e. The summed E-state index contributed by atoms with van der Waals surface area (Å²) >= 11 is 1.59. The fraction of sp³-hybridized carbons (Fsp3) is 0.174. The number of aromatic nitrogens is 1. The predicted octanol–water partition coefficient (Wildman–Crippen LogP) is 4.78. The number of carbonyl (C=O) groups is 2. The van der Waals surface area contributed by atoms with Crippen molar-refractivity contribution in [3.8, 4) is 5.75 Å². The van der Waals surface area contributed by atoms with E-state index in [1.807, 2.05) is 36.6 Å². The van der Waals surface area contributed by atoms with Crippen LogP contribution in [-0.4, -0.2) is 24.0 Å². The standard InChI is InChI=1S/C23H22N2O4S/c1-15-20(23(27)28-3)8-5-9-21(15)25-22(26)11-10-17-6-4-7-19(12-17)29-13-18-14-30-16(2)24-18/h4-12,14H,13H2,1-3H3,(H,25,26)/b11-10+. The fourth-order valence-corrected chi connectivity index (χ4v) is 3.39. The Kier molecular flexibility index (Phi) is 6.98. The Morgan fingerprint density at radius 1 is 1.17 bits per heavy atom. The van der Waals surface area contributed by atoms with Crippen LogP contribution >= 0.6 is 11.3 Å². The number of nitrogens with one attached hydrogen (secondary N) is 1. The van der Waals surface area contributed by atoms with Crippen LogP contribution in [0.5, 0.6) is 5.75 Å². The number of ether oxygens (including phenoxy) is 2. The summed E-state index contributed by atoms with van der Waals surface area (Å²) in [7, 11) is 1.32. The molecule has 0 aliphatic carbocycles. The Bertz CT molecular complexity index is 1090. The summed E-state index contributed by atoms with van der Waals surface area (Å²) in [5, 5.41) is 5.77. The van der Waals surface area contributed by atoms with Crippen molar-refractivity contribution in [2.75, 3.05) is 12.4 Å². The smallest absolute Gasteiger partial charge is 0.338 e. The van der Waals surface area contributed by atoms with Crippen LogP contribution in [0, 0.1) is 13.8 Å². The Balaban J connectivity index is 1.63. The Morgan fingerprint density at radius 3 is 2.70 bits per heavy atom. The monoisotopic (exact) mass is 422 g/mol. The van der Waals surface area contributed by atoms with Crippen LogP contribution in [0.1, 0.15) is 32.2 Å². The van der Waals surface area contributed by atoms with Gasteiger partial charge in [0.05, 0.1) is 23.4 Å². The molecule has 154 valence electrons. The average Bonchev–Trinajstić information content (AvgIpc) is 3.17. The number of rotatable bonds is 7. The van der Waals surface area contributed by atoms with Gasteiger partial charge in [0.2, 0.25) is 5.91 Å². The van der Waals surface area contributed by atoms with Crippen LogP contribution in [0.2, 0.25) is 0 Å². The molecule has 6 nitrogen and oxygen atoms in total. The van der Waals surface area contributed by atoms with Crippen molar-refractivity contribution >= 4 is 35.0 Å². The first kappa shape index (κ1) is 21.3. The highest BCUT2D eigenvalue weighted by molar-refractivity contribution is 7.09. The summed E-state index contributed by atoms with van der Waals surface area (Å²) in [5.41, 5.74) is 3.35. The largest absolute Gasteiger partial charge is 0.487 e. The third-order valence-electron chi connectivity index (χ3n) is 4.34. The molecule has 0 saturated heterocycles. The number of thiazole rings is 1. The van der Waals surface area contributed by atoms with E-state index < -0.39 is 5.97 Å². The second kappa shape index (κ2) is 9.84. The van der Waals surface area contributed by atoms with Gasteiger partial charge in [-0.25, -0.2) is 9.78 Å². The Hall–Kier alpha value is -3.45. The molecule has 1 aromatic heterocycles. The molecule has 0 spiro atoms. The highest BCUT2D eigenvalue weighted by atomic mass is 32.1. The van der Waals surface area contributed by atoms with E-state index in [1.54, 1.807) is 42.5 Å². The third-order valence-corrected chi connectivity index (χ3v) is 5.16. The van der Waals surface area contributed by atoms with Gasteiger partial charge in [-0.2, -0.15) is 0 Å². The third kappa shape index (κ3) is 5.55. The molecule has 1 heterocycles. The number of amides is 1. The van der Waals surface area contributed by atoms with E-state index in [-0.39, 0.29) is 5.91 Å². The molecule has 30 heavy (non-hydrogen) atoms. The van der Waals surface area contributed by atoms with Crippen molar-refractivity contribution in [3.63, 3.8) is 0 Å². The van der Waals surface area contributed by atoms with E-state index in [4.69, 9.17) is 9.47 Å². The van der Waals surface area contributed by atoms with E-state index in [1.165, 1.54) is 13.2 Å². The van der Waals surface area contributed by atoms with Gasteiger partial charge >= 0.3 is 5.97 Å². The van der Waals surface area contributed by atoms with Crippen molar-refractivity contribution in [1.29, 1.82) is 0 Å². The predicted molar refractivity (Wildman–Crippen MR) is 118 cm³/mol. The minimum absolute atomic E-state index is 0.301. The lowest BCUT2D eigenvalue weighted by Gasteiger charge is -2.10. The van der Waals surface area contributed by atoms with Gasteiger partial charge in [-0.15, -0.1) is 11.3 Å². The molecule has 0 fully saturated rings. The number of anilines is 1. The first-order chi connectivity index (χ1) is 14.5. The van der Waals surface area contributed by atoms with Crippen LogP contribution in [-0.2, 0) is 16.1 Å². The van der Waals surface area contributed by atoms with Crippen molar-refractivity contribution in [3.05, 3.63) is 81.3 Å². The molecule has 1 amide bonds. The van der Waals surface area contributed by atoms with Crippen LogP contribution < -0.4 is 10.1 Å². The van der Waals surface area contributed by atoms with Gasteiger partial charge in [-0.3, -0.25) is 4.79 Å². The Morgan fingerprint density at radius 2 is 1.97 bits per heavy atom. The second-order valence-electron chi connectivity index (χ2n) is 6.51. The second-order valence-corrected chi connectivity index (χ2v) is 7.57. The SMILES string of the molecule is COC(=O)c1cccc(NC(=O)/C=C/c2cccc(OCc3csc(C)n3)c2)c1C. The molecule has 0 aliphatic heterocycles. The zero-order chi connectivity index (χ0) is 21.5. The summed E-state index contributed by atoms with van der Waals surface area (Å²) in [6.07, 6.45) is 3.14. The minimum atomic E-state index is -0.441. The molecule has 3 rings (SSSR count). The summed E-state index contributed by atoms with van der Waals surface area (Å²) in [6, 6.07) is 12.6. The van der Waals surface area contributed by atoms with Gasteiger partial charge in [-0.05, 0) is 55.3 Å². The molecule has 0 atom stereocenters. The van der Waals surface area contributed by atoms with Gasteiger partial charge in [0.15, 0.2) is 0 Å².